The van der Waals surface area contributed by atoms with Gasteiger partial charge in [0.2, 0.25) is 0 Å². The molecule has 0 saturated carbocycles. The van der Waals surface area contributed by atoms with Crippen LogP contribution in [0.25, 0.3) is 49.4 Å². The predicted molar refractivity (Wildman–Crippen MR) is 217 cm³/mol. The summed E-state index contributed by atoms with van der Waals surface area (Å²) in [5.74, 6) is 0. The van der Waals surface area contributed by atoms with E-state index in [4.69, 9.17) is 5.73 Å². The Morgan fingerprint density at radius 1 is 0.588 bits per heavy atom. The molecular formula is C48H45N3. The summed E-state index contributed by atoms with van der Waals surface area (Å²) < 4.78 is 2.38. The number of fused-ring (bicyclic) bond motifs is 8. The topological polar surface area (TPSA) is 43.0 Å². The molecule has 1 aliphatic rings. The largest absolute Gasteiger partial charge is 0.312 e. The maximum Gasteiger partial charge on any atom is 0.0817 e. The van der Waals surface area contributed by atoms with Crippen LogP contribution in [-0.2, 0) is 5.41 Å². The van der Waals surface area contributed by atoms with E-state index in [-0.39, 0.29) is 17.6 Å². The molecule has 9 rings (SSSR count). The third-order valence-corrected chi connectivity index (χ3v) is 10.9. The van der Waals surface area contributed by atoms with E-state index in [1.807, 2.05) is 13.8 Å². The first kappa shape index (κ1) is 32.7. The van der Waals surface area contributed by atoms with Gasteiger partial charge in [0, 0.05) is 21.9 Å². The molecule has 3 N–H and O–H groups in total. The fourth-order valence-electron chi connectivity index (χ4n) is 8.30. The standard InChI is InChI=1S/C46H39N3.C2H6/c1-29-12-4-6-14-34(29)44(32-22-26-37-36-16-8-10-18-39(36)46(2,3)40(37)28-32)48-45(47)31-20-24-33(25-21-31)49-41-19-11-9-17-38(41)43-35-15-7-5-13-30(35)23-27-42(43)49;1-2/h4-28,44-45,48H,47H2,1-3H3;1-2H3. The summed E-state index contributed by atoms with van der Waals surface area (Å²) in [7, 11) is 0. The van der Waals surface area contributed by atoms with E-state index in [0.717, 1.165) is 11.3 Å². The zero-order chi connectivity index (χ0) is 35.3. The first-order valence-corrected chi connectivity index (χ1v) is 18.2. The molecule has 0 spiro atoms. The van der Waals surface area contributed by atoms with Crippen LogP contribution >= 0.6 is 0 Å². The fraction of sp³-hybridized carbons (Fsp3) is 0.167. The number of nitrogens with one attached hydrogen (secondary N) is 1. The molecule has 1 heterocycles. The number of hydrogen-bond donors (Lipinski definition) is 2. The summed E-state index contributed by atoms with van der Waals surface area (Å²) in [6.45, 7) is 10.9. The van der Waals surface area contributed by atoms with Crippen molar-refractivity contribution in [2.24, 2.45) is 5.73 Å². The zero-order valence-corrected chi connectivity index (χ0v) is 30.1. The van der Waals surface area contributed by atoms with E-state index < -0.39 is 0 Å². The third-order valence-electron chi connectivity index (χ3n) is 10.9. The van der Waals surface area contributed by atoms with Crippen molar-refractivity contribution < 1.29 is 0 Å². The summed E-state index contributed by atoms with van der Waals surface area (Å²) in [6, 6.07) is 55.0. The van der Waals surface area contributed by atoms with Crippen LogP contribution in [0.3, 0.4) is 0 Å². The van der Waals surface area contributed by atoms with Crippen molar-refractivity contribution in [3.8, 4) is 16.8 Å². The number of para-hydroxylation sites is 1. The Hall–Kier alpha value is -5.48. The van der Waals surface area contributed by atoms with Crippen molar-refractivity contribution in [2.75, 3.05) is 0 Å². The van der Waals surface area contributed by atoms with E-state index in [1.54, 1.807) is 0 Å². The highest BCUT2D eigenvalue weighted by Crippen LogP contribution is 2.49. The molecule has 0 saturated heterocycles. The molecular weight excluding hydrogens is 619 g/mol. The molecule has 7 aromatic carbocycles. The van der Waals surface area contributed by atoms with Gasteiger partial charge in [0.25, 0.3) is 0 Å². The Morgan fingerprint density at radius 3 is 2.04 bits per heavy atom. The van der Waals surface area contributed by atoms with Crippen molar-refractivity contribution in [1.29, 1.82) is 0 Å². The zero-order valence-electron chi connectivity index (χ0n) is 30.1. The Labute approximate surface area is 301 Å². The van der Waals surface area contributed by atoms with E-state index in [9.17, 15) is 0 Å². The lowest BCUT2D eigenvalue weighted by atomic mass is 9.81. The van der Waals surface area contributed by atoms with Gasteiger partial charge in [-0.25, -0.2) is 0 Å². The number of nitrogens with zero attached hydrogens (tertiary/aromatic N) is 1. The highest BCUT2D eigenvalue weighted by Gasteiger charge is 2.36. The van der Waals surface area contributed by atoms with Crippen LogP contribution in [0.4, 0.5) is 0 Å². The SMILES string of the molecule is CC.Cc1ccccc1C(NC(N)c1ccc(-n2c3ccccc3c3c4ccccc4ccc32)cc1)c1ccc2c(c1)C(C)(C)c1ccccc1-2. The highest BCUT2D eigenvalue weighted by atomic mass is 15.1. The first-order valence-electron chi connectivity index (χ1n) is 18.2. The molecule has 0 radical (unpaired) electrons. The van der Waals surface area contributed by atoms with Crippen molar-refractivity contribution in [1.82, 2.24) is 9.88 Å². The van der Waals surface area contributed by atoms with Crippen LogP contribution in [0, 0.1) is 6.92 Å². The molecule has 3 nitrogen and oxygen atoms in total. The summed E-state index contributed by atoms with van der Waals surface area (Å²) in [5.41, 5.74) is 20.7. The van der Waals surface area contributed by atoms with E-state index in [2.05, 4.69) is 182 Å². The minimum Gasteiger partial charge on any atom is -0.312 e. The minimum absolute atomic E-state index is 0.0741. The Morgan fingerprint density at radius 2 is 1.24 bits per heavy atom. The molecule has 0 fully saturated rings. The first-order chi connectivity index (χ1) is 24.9. The second kappa shape index (κ2) is 13.0. The average molecular weight is 664 g/mol. The van der Waals surface area contributed by atoms with Crippen molar-refractivity contribution in [3.05, 3.63) is 185 Å². The number of aromatic nitrogens is 1. The Kier molecular flexibility index (Phi) is 8.34. The van der Waals surface area contributed by atoms with Gasteiger partial charge in [0.05, 0.1) is 23.2 Å². The van der Waals surface area contributed by atoms with Gasteiger partial charge in [-0.1, -0.05) is 155 Å². The third kappa shape index (κ3) is 5.36. The van der Waals surface area contributed by atoms with Crippen LogP contribution in [0.1, 0.15) is 73.3 Å². The normalized spacial score (nSPS) is 14.2. The average Bonchev–Trinajstić information content (AvgIpc) is 3.64. The van der Waals surface area contributed by atoms with Gasteiger partial charge in [-0.3, -0.25) is 5.32 Å². The maximum atomic E-state index is 7.05. The van der Waals surface area contributed by atoms with Gasteiger partial charge in [0.1, 0.15) is 0 Å². The molecule has 1 aromatic heterocycles. The highest BCUT2D eigenvalue weighted by molar-refractivity contribution is 6.21. The van der Waals surface area contributed by atoms with Crippen LogP contribution < -0.4 is 11.1 Å². The molecule has 1 aliphatic carbocycles. The monoisotopic (exact) mass is 663 g/mol. The summed E-state index contributed by atoms with van der Waals surface area (Å²) in [4.78, 5) is 0. The van der Waals surface area contributed by atoms with E-state index >= 15 is 0 Å². The molecule has 0 bridgehead atoms. The lowest BCUT2D eigenvalue weighted by Crippen LogP contribution is -2.33. The molecule has 2 unspecified atom stereocenters. The lowest BCUT2D eigenvalue weighted by Gasteiger charge is -2.28. The Bertz CT molecular complexity index is 2540. The van der Waals surface area contributed by atoms with Crippen molar-refractivity contribution >= 4 is 32.6 Å². The molecule has 51 heavy (non-hydrogen) atoms. The number of rotatable bonds is 6. The minimum atomic E-state index is -0.376. The Balaban J connectivity index is 0.00000184. The van der Waals surface area contributed by atoms with Crippen LogP contribution in [0.15, 0.2) is 152 Å². The summed E-state index contributed by atoms with van der Waals surface area (Å²) in [6.07, 6.45) is -0.376. The number of aryl methyl sites for hydroxylation is 1. The van der Waals surface area contributed by atoms with Crippen molar-refractivity contribution in [3.63, 3.8) is 0 Å². The van der Waals surface area contributed by atoms with Crippen LogP contribution in [0.2, 0.25) is 0 Å². The smallest absolute Gasteiger partial charge is 0.0817 e. The number of benzene rings is 7. The van der Waals surface area contributed by atoms with Gasteiger partial charge in [-0.15, -0.1) is 0 Å². The summed E-state index contributed by atoms with van der Waals surface area (Å²) >= 11 is 0. The second-order valence-corrected chi connectivity index (χ2v) is 14.0. The number of nitrogens with two attached hydrogens (primary N) is 1. The molecule has 8 aromatic rings. The number of hydrogen-bond acceptors (Lipinski definition) is 2. The molecule has 252 valence electrons. The van der Waals surface area contributed by atoms with Crippen LogP contribution in [0.5, 0.6) is 0 Å². The quantitative estimate of drug-likeness (QED) is 0.174. The molecule has 3 heteroatoms. The van der Waals surface area contributed by atoms with Crippen molar-refractivity contribution in [2.45, 2.75) is 52.2 Å². The molecule has 2 atom stereocenters. The maximum absolute atomic E-state index is 7.05. The lowest BCUT2D eigenvalue weighted by molar-refractivity contribution is 0.497. The summed E-state index contributed by atoms with van der Waals surface area (Å²) in [5, 5.41) is 8.93. The van der Waals surface area contributed by atoms with Gasteiger partial charge >= 0.3 is 0 Å². The van der Waals surface area contributed by atoms with Crippen LogP contribution in [-0.4, -0.2) is 4.57 Å². The van der Waals surface area contributed by atoms with Gasteiger partial charge < -0.3 is 10.3 Å². The van der Waals surface area contributed by atoms with Gasteiger partial charge in [-0.2, -0.15) is 0 Å². The van der Waals surface area contributed by atoms with Gasteiger partial charge in [-0.05, 0) is 86.5 Å². The van der Waals surface area contributed by atoms with E-state index in [0.29, 0.717) is 0 Å². The molecule has 0 amide bonds. The molecule has 0 aliphatic heterocycles. The van der Waals surface area contributed by atoms with Gasteiger partial charge in [0.15, 0.2) is 0 Å². The second-order valence-electron chi connectivity index (χ2n) is 14.0. The predicted octanol–water partition coefficient (Wildman–Crippen LogP) is 11.9. The van der Waals surface area contributed by atoms with E-state index in [1.165, 1.54) is 71.5 Å². The fourth-order valence-corrected chi connectivity index (χ4v) is 8.30.